The summed E-state index contributed by atoms with van der Waals surface area (Å²) in [5.41, 5.74) is 0.462. The average Bonchev–Trinajstić information content (AvgIpc) is 3.29. The first-order valence-electron chi connectivity index (χ1n) is 11.1. The number of amides is 2. The number of thiophene rings is 1. The molecule has 0 atom stereocenters. The minimum atomic E-state index is -0.498. The number of rotatable bonds is 3. The first-order chi connectivity index (χ1) is 14.7. The molecule has 0 spiro atoms. The SMILES string of the molecule is Cc1nn(C2CCOCC2)c2sc(C(=O)NC3CCN(C(=O)OC(C)(C)C)CC3)cc12. The molecule has 2 aromatic heterocycles. The third kappa shape index (κ3) is 5.03. The van der Waals surface area contributed by atoms with Crippen molar-refractivity contribution in [1.82, 2.24) is 20.0 Å². The third-order valence-electron chi connectivity index (χ3n) is 5.81. The molecule has 0 radical (unpaired) electrons. The highest BCUT2D eigenvalue weighted by atomic mass is 32.1. The molecule has 2 amide bonds. The van der Waals surface area contributed by atoms with Crippen molar-refractivity contribution in [3.63, 3.8) is 0 Å². The second-order valence-corrected chi connectivity index (χ2v) is 10.4. The number of carbonyl (C=O) groups is 2. The summed E-state index contributed by atoms with van der Waals surface area (Å²) in [7, 11) is 0. The van der Waals surface area contributed by atoms with Gasteiger partial charge in [0, 0.05) is 37.7 Å². The monoisotopic (exact) mass is 448 g/mol. The number of likely N-dealkylation sites (tertiary alicyclic amines) is 1. The van der Waals surface area contributed by atoms with E-state index in [2.05, 4.69) is 10.00 Å². The highest BCUT2D eigenvalue weighted by Gasteiger charge is 2.28. The molecule has 2 aromatic rings. The number of carbonyl (C=O) groups excluding carboxylic acids is 2. The van der Waals surface area contributed by atoms with Crippen LogP contribution in [0.4, 0.5) is 4.79 Å². The van der Waals surface area contributed by atoms with Gasteiger partial charge < -0.3 is 19.7 Å². The van der Waals surface area contributed by atoms with Gasteiger partial charge in [0.15, 0.2) is 0 Å². The number of aromatic nitrogens is 2. The Balaban J connectivity index is 1.38. The molecule has 4 heterocycles. The molecule has 0 bridgehead atoms. The number of fused-ring (bicyclic) bond motifs is 1. The molecule has 0 unspecified atom stereocenters. The second kappa shape index (κ2) is 8.78. The zero-order valence-corrected chi connectivity index (χ0v) is 19.6. The zero-order valence-electron chi connectivity index (χ0n) is 18.8. The Morgan fingerprint density at radius 3 is 2.52 bits per heavy atom. The Labute approximate surface area is 186 Å². The van der Waals surface area contributed by atoms with Crippen molar-refractivity contribution in [2.75, 3.05) is 26.3 Å². The van der Waals surface area contributed by atoms with Crippen LogP contribution in [0.1, 0.15) is 67.9 Å². The lowest BCUT2D eigenvalue weighted by molar-refractivity contribution is 0.0199. The van der Waals surface area contributed by atoms with Crippen molar-refractivity contribution in [3.05, 3.63) is 16.6 Å². The van der Waals surface area contributed by atoms with Crippen LogP contribution >= 0.6 is 11.3 Å². The molecular formula is C22H32N4O4S. The van der Waals surface area contributed by atoms with Crippen molar-refractivity contribution in [1.29, 1.82) is 0 Å². The van der Waals surface area contributed by atoms with E-state index < -0.39 is 5.60 Å². The van der Waals surface area contributed by atoms with Gasteiger partial charge in [0.2, 0.25) is 0 Å². The minimum absolute atomic E-state index is 0.0464. The second-order valence-electron chi connectivity index (χ2n) is 9.42. The lowest BCUT2D eigenvalue weighted by Crippen LogP contribution is -2.47. The van der Waals surface area contributed by atoms with Gasteiger partial charge in [0.05, 0.1) is 16.6 Å². The Morgan fingerprint density at radius 2 is 1.87 bits per heavy atom. The predicted molar refractivity (Wildman–Crippen MR) is 120 cm³/mol. The van der Waals surface area contributed by atoms with Crippen LogP contribution in [0.2, 0.25) is 0 Å². The molecule has 0 aliphatic carbocycles. The normalized spacial score (nSPS) is 19.0. The van der Waals surface area contributed by atoms with E-state index in [9.17, 15) is 9.59 Å². The van der Waals surface area contributed by atoms with E-state index >= 15 is 0 Å². The number of ether oxygens (including phenoxy) is 2. The van der Waals surface area contributed by atoms with Crippen LogP contribution < -0.4 is 5.32 Å². The molecule has 31 heavy (non-hydrogen) atoms. The summed E-state index contributed by atoms with van der Waals surface area (Å²) in [6.45, 7) is 10.3. The third-order valence-corrected chi connectivity index (χ3v) is 6.93. The maximum atomic E-state index is 12.9. The highest BCUT2D eigenvalue weighted by molar-refractivity contribution is 7.20. The smallest absolute Gasteiger partial charge is 0.410 e. The number of piperidine rings is 1. The summed E-state index contributed by atoms with van der Waals surface area (Å²) in [4.78, 5) is 28.7. The van der Waals surface area contributed by atoms with E-state index in [0.29, 0.717) is 24.0 Å². The van der Waals surface area contributed by atoms with Gasteiger partial charge in [0.25, 0.3) is 5.91 Å². The summed E-state index contributed by atoms with van der Waals surface area (Å²) in [5.74, 6) is -0.0464. The fourth-order valence-corrected chi connectivity index (χ4v) is 5.29. The van der Waals surface area contributed by atoms with Crippen molar-refractivity contribution >= 4 is 33.6 Å². The zero-order chi connectivity index (χ0) is 22.2. The molecule has 2 aliphatic rings. The van der Waals surface area contributed by atoms with E-state index in [4.69, 9.17) is 14.6 Å². The van der Waals surface area contributed by atoms with Crippen molar-refractivity contribution in [2.24, 2.45) is 0 Å². The molecule has 2 aliphatic heterocycles. The largest absolute Gasteiger partial charge is 0.444 e. The molecule has 1 N–H and O–H groups in total. The number of aryl methyl sites for hydroxylation is 1. The molecule has 0 saturated carbocycles. The van der Waals surface area contributed by atoms with Crippen LogP contribution in [0.15, 0.2) is 6.07 Å². The predicted octanol–water partition coefficient (Wildman–Crippen LogP) is 3.89. The number of hydrogen-bond donors (Lipinski definition) is 1. The summed E-state index contributed by atoms with van der Waals surface area (Å²) in [5, 5.41) is 8.94. The van der Waals surface area contributed by atoms with Crippen LogP contribution in [-0.2, 0) is 9.47 Å². The van der Waals surface area contributed by atoms with Gasteiger partial charge in [-0.1, -0.05) is 0 Å². The van der Waals surface area contributed by atoms with E-state index in [0.717, 1.165) is 54.8 Å². The van der Waals surface area contributed by atoms with Crippen molar-refractivity contribution < 1.29 is 19.1 Å². The Morgan fingerprint density at radius 1 is 1.19 bits per heavy atom. The van der Waals surface area contributed by atoms with Gasteiger partial charge in [-0.2, -0.15) is 5.10 Å². The van der Waals surface area contributed by atoms with Gasteiger partial charge in [-0.05, 0) is 59.4 Å². The molecule has 2 saturated heterocycles. The maximum absolute atomic E-state index is 12.9. The van der Waals surface area contributed by atoms with Gasteiger partial charge in [-0.3, -0.25) is 9.48 Å². The molecule has 2 fully saturated rings. The highest BCUT2D eigenvalue weighted by Crippen LogP contribution is 2.33. The van der Waals surface area contributed by atoms with Crippen molar-refractivity contribution in [3.8, 4) is 0 Å². The number of hydrogen-bond acceptors (Lipinski definition) is 6. The van der Waals surface area contributed by atoms with Crippen LogP contribution in [0.25, 0.3) is 10.2 Å². The lowest BCUT2D eigenvalue weighted by atomic mass is 10.1. The first-order valence-corrected chi connectivity index (χ1v) is 11.9. The molecule has 0 aromatic carbocycles. The summed E-state index contributed by atoms with van der Waals surface area (Å²) in [6.07, 6.45) is 3.07. The Hall–Kier alpha value is -2.13. The first kappa shape index (κ1) is 22.1. The van der Waals surface area contributed by atoms with Gasteiger partial charge in [-0.15, -0.1) is 11.3 Å². The maximum Gasteiger partial charge on any atom is 0.410 e. The quantitative estimate of drug-likeness (QED) is 0.770. The molecule has 9 heteroatoms. The van der Waals surface area contributed by atoms with Crippen LogP contribution in [0, 0.1) is 6.92 Å². The van der Waals surface area contributed by atoms with Gasteiger partial charge in [-0.25, -0.2) is 4.79 Å². The van der Waals surface area contributed by atoms with Crippen LogP contribution in [0.3, 0.4) is 0 Å². The number of nitrogens with one attached hydrogen (secondary N) is 1. The number of nitrogens with zero attached hydrogens (tertiary/aromatic N) is 3. The molecule has 4 rings (SSSR count). The fourth-order valence-electron chi connectivity index (χ4n) is 4.15. The van der Waals surface area contributed by atoms with Crippen LogP contribution in [-0.4, -0.2) is 64.6 Å². The van der Waals surface area contributed by atoms with Gasteiger partial charge >= 0.3 is 6.09 Å². The van der Waals surface area contributed by atoms with E-state index in [1.165, 1.54) is 11.3 Å². The minimum Gasteiger partial charge on any atom is -0.444 e. The van der Waals surface area contributed by atoms with Crippen molar-refractivity contribution in [2.45, 2.75) is 71.1 Å². The molecule has 8 nitrogen and oxygen atoms in total. The molecule has 170 valence electrons. The van der Waals surface area contributed by atoms with E-state index in [1.807, 2.05) is 33.8 Å². The van der Waals surface area contributed by atoms with E-state index in [-0.39, 0.29) is 18.0 Å². The van der Waals surface area contributed by atoms with Gasteiger partial charge in [0.1, 0.15) is 10.4 Å². The topological polar surface area (TPSA) is 85.7 Å². The van der Waals surface area contributed by atoms with E-state index in [1.54, 1.807) is 4.90 Å². The lowest BCUT2D eigenvalue weighted by Gasteiger charge is -2.33. The summed E-state index contributed by atoms with van der Waals surface area (Å²) >= 11 is 1.51. The standard InChI is InChI=1S/C22H32N4O4S/c1-14-17-13-18(31-20(17)26(24-14)16-7-11-29-12-8-16)19(27)23-15-5-9-25(10-6-15)21(28)30-22(2,3)4/h13,15-16H,5-12H2,1-4H3,(H,23,27). The average molecular weight is 449 g/mol. The Kier molecular flexibility index (Phi) is 6.25. The molecular weight excluding hydrogens is 416 g/mol. The van der Waals surface area contributed by atoms with Crippen LogP contribution in [0.5, 0.6) is 0 Å². The summed E-state index contributed by atoms with van der Waals surface area (Å²) in [6, 6.07) is 2.35. The summed E-state index contributed by atoms with van der Waals surface area (Å²) < 4.78 is 13.0. The fraction of sp³-hybridized carbons (Fsp3) is 0.682. The Bertz CT molecular complexity index is 947.